The Morgan fingerprint density at radius 2 is 1.90 bits per heavy atom. The number of hydrogen-bond donors (Lipinski definition) is 1. The van der Waals surface area contributed by atoms with Gasteiger partial charge in [0.15, 0.2) is 0 Å². The Morgan fingerprint density at radius 3 is 2.40 bits per heavy atom. The van der Waals surface area contributed by atoms with E-state index in [2.05, 4.69) is 55.7 Å². The lowest BCUT2D eigenvalue weighted by molar-refractivity contribution is 0.139. The molecular formula is C18H28N2. The minimum Gasteiger partial charge on any atom is -0.320 e. The van der Waals surface area contributed by atoms with Crippen molar-refractivity contribution >= 4 is 0 Å². The Bertz CT molecular complexity index is 434. The number of rotatable bonds is 6. The highest BCUT2D eigenvalue weighted by atomic mass is 15.2. The second-order valence-electron chi connectivity index (χ2n) is 6.21. The maximum atomic E-state index is 6.95. The number of nitrogens with zero attached hydrogens (tertiary/aromatic N) is 1. The summed E-state index contributed by atoms with van der Waals surface area (Å²) in [5.74, 6) is 0. The van der Waals surface area contributed by atoms with Crippen LogP contribution in [-0.2, 0) is 5.54 Å². The van der Waals surface area contributed by atoms with Crippen LogP contribution in [0.4, 0.5) is 0 Å². The zero-order chi connectivity index (χ0) is 14.6. The Kier molecular flexibility index (Phi) is 5.00. The monoisotopic (exact) mass is 272 g/mol. The molecule has 110 valence electrons. The van der Waals surface area contributed by atoms with Crippen molar-refractivity contribution in [2.75, 3.05) is 13.1 Å². The molecule has 1 fully saturated rings. The molecule has 0 saturated carbocycles. The Labute approximate surface area is 123 Å². The van der Waals surface area contributed by atoms with E-state index in [0.29, 0.717) is 6.04 Å². The van der Waals surface area contributed by atoms with Gasteiger partial charge < -0.3 is 5.73 Å². The fraction of sp³-hybridized carbons (Fsp3) is 0.556. The van der Waals surface area contributed by atoms with Gasteiger partial charge in [-0.15, -0.1) is 6.58 Å². The summed E-state index contributed by atoms with van der Waals surface area (Å²) in [7, 11) is 0. The number of likely N-dealkylation sites (tertiary alicyclic amines) is 1. The molecule has 20 heavy (non-hydrogen) atoms. The second kappa shape index (κ2) is 6.55. The molecule has 0 spiro atoms. The van der Waals surface area contributed by atoms with Crippen LogP contribution < -0.4 is 5.73 Å². The summed E-state index contributed by atoms with van der Waals surface area (Å²) in [4.78, 5) is 2.58. The largest absolute Gasteiger partial charge is 0.320 e. The van der Waals surface area contributed by atoms with Crippen molar-refractivity contribution in [2.45, 2.75) is 51.1 Å². The van der Waals surface area contributed by atoms with Gasteiger partial charge in [0, 0.05) is 6.04 Å². The molecule has 1 heterocycles. The third kappa shape index (κ3) is 3.13. The topological polar surface area (TPSA) is 29.3 Å². The summed E-state index contributed by atoms with van der Waals surface area (Å²) in [6.45, 7) is 10.8. The number of nitrogens with two attached hydrogens (primary N) is 1. The molecule has 2 unspecified atom stereocenters. The van der Waals surface area contributed by atoms with Gasteiger partial charge >= 0.3 is 0 Å². The van der Waals surface area contributed by atoms with Crippen molar-refractivity contribution in [3.05, 3.63) is 48.0 Å². The van der Waals surface area contributed by atoms with Crippen molar-refractivity contribution < 1.29 is 0 Å². The highest BCUT2D eigenvalue weighted by Gasteiger charge is 2.39. The van der Waals surface area contributed by atoms with E-state index in [-0.39, 0.29) is 5.54 Å². The number of benzene rings is 1. The molecule has 1 aromatic carbocycles. The summed E-state index contributed by atoms with van der Waals surface area (Å²) < 4.78 is 0. The predicted octanol–water partition coefficient (Wildman–Crippen LogP) is 3.68. The third-order valence-corrected chi connectivity index (χ3v) is 4.47. The number of hydrogen-bond acceptors (Lipinski definition) is 2. The first kappa shape index (κ1) is 15.3. The molecule has 2 rings (SSSR count). The highest BCUT2D eigenvalue weighted by Crippen LogP contribution is 2.35. The Balaban J connectivity index is 2.36. The summed E-state index contributed by atoms with van der Waals surface area (Å²) in [5, 5.41) is 0. The van der Waals surface area contributed by atoms with E-state index in [1.165, 1.54) is 31.5 Å². The second-order valence-corrected chi connectivity index (χ2v) is 6.21. The van der Waals surface area contributed by atoms with Gasteiger partial charge in [-0.05, 0) is 51.3 Å². The molecule has 1 aliphatic rings. The Hall–Kier alpha value is -1.12. The molecule has 0 aromatic heterocycles. The van der Waals surface area contributed by atoms with Gasteiger partial charge in [-0.25, -0.2) is 0 Å². The SMILES string of the molecule is C=C(C)CC(N)(c1ccccc1)C(CC)N1CCCC1. The predicted molar refractivity (Wildman–Crippen MR) is 86.6 cm³/mol. The van der Waals surface area contributed by atoms with Gasteiger partial charge in [0.25, 0.3) is 0 Å². The third-order valence-electron chi connectivity index (χ3n) is 4.47. The van der Waals surface area contributed by atoms with Crippen LogP contribution in [0.3, 0.4) is 0 Å². The molecule has 2 atom stereocenters. The summed E-state index contributed by atoms with van der Waals surface area (Å²) >= 11 is 0. The molecule has 1 saturated heterocycles. The van der Waals surface area contributed by atoms with Crippen LogP contribution in [0.5, 0.6) is 0 Å². The van der Waals surface area contributed by atoms with Crippen molar-refractivity contribution in [2.24, 2.45) is 5.73 Å². The van der Waals surface area contributed by atoms with Crippen LogP contribution >= 0.6 is 0 Å². The summed E-state index contributed by atoms with van der Waals surface area (Å²) in [6, 6.07) is 11.0. The summed E-state index contributed by atoms with van der Waals surface area (Å²) in [6.07, 6.45) is 4.54. The van der Waals surface area contributed by atoms with Crippen LogP contribution in [-0.4, -0.2) is 24.0 Å². The van der Waals surface area contributed by atoms with Crippen molar-refractivity contribution in [3.8, 4) is 0 Å². The molecule has 0 amide bonds. The quantitative estimate of drug-likeness (QED) is 0.800. The van der Waals surface area contributed by atoms with Crippen molar-refractivity contribution in [3.63, 3.8) is 0 Å². The minimum atomic E-state index is -0.327. The molecule has 2 N–H and O–H groups in total. The van der Waals surface area contributed by atoms with E-state index >= 15 is 0 Å². The molecular weight excluding hydrogens is 244 g/mol. The fourth-order valence-electron chi connectivity index (χ4n) is 3.66. The van der Waals surface area contributed by atoms with Gasteiger partial charge in [-0.2, -0.15) is 0 Å². The van der Waals surface area contributed by atoms with Crippen LogP contribution in [0.2, 0.25) is 0 Å². The first-order chi connectivity index (χ1) is 9.58. The smallest absolute Gasteiger partial charge is 0.0604 e. The fourth-order valence-corrected chi connectivity index (χ4v) is 3.66. The van der Waals surface area contributed by atoms with E-state index in [1.54, 1.807) is 0 Å². The van der Waals surface area contributed by atoms with E-state index < -0.39 is 0 Å². The average molecular weight is 272 g/mol. The van der Waals surface area contributed by atoms with E-state index in [9.17, 15) is 0 Å². The molecule has 0 bridgehead atoms. The Morgan fingerprint density at radius 1 is 1.30 bits per heavy atom. The zero-order valence-corrected chi connectivity index (χ0v) is 12.9. The van der Waals surface area contributed by atoms with Crippen LogP contribution in [0.15, 0.2) is 42.5 Å². The molecule has 2 heteroatoms. The van der Waals surface area contributed by atoms with Crippen molar-refractivity contribution in [1.29, 1.82) is 0 Å². The minimum absolute atomic E-state index is 0.327. The first-order valence-electron chi connectivity index (χ1n) is 7.80. The van der Waals surface area contributed by atoms with Gasteiger partial charge in [0.2, 0.25) is 0 Å². The molecule has 1 aromatic rings. The lowest BCUT2D eigenvalue weighted by Gasteiger charge is -2.43. The standard InChI is InChI=1S/C18H28N2/c1-4-17(20-12-8-9-13-20)18(19,14-15(2)3)16-10-6-5-7-11-16/h5-7,10-11,17H,2,4,8-9,12-14,19H2,1,3H3. The highest BCUT2D eigenvalue weighted by molar-refractivity contribution is 5.28. The normalized spacial score (nSPS) is 20.6. The van der Waals surface area contributed by atoms with E-state index in [0.717, 1.165) is 18.4 Å². The van der Waals surface area contributed by atoms with Crippen LogP contribution in [0, 0.1) is 0 Å². The maximum Gasteiger partial charge on any atom is 0.0604 e. The maximum absolute atomic E-state index is 6.95. The first-order valence-corrected chi connectivity index (χ1v) is 7.80. The molecule has 2 nitrogen and oxygen atoms in total. The van der Waals surface area contributed by atoms with Gasteiger partial charge in [-0.1, -0.05) is 42.8 Å². The van der Waals surface area contributed by atoms with E-state index in [4.69, 9.17) is 5.73 Å². The summed E-state index contributed by atoms with van der Waals surface area (Å²) in [5.41, 5.74) is 9.02. The van der Waals surface area contributed by atoms with Gasteiger partial charge in [0.1, 0.15) is 0 Å². The van der Waals surface area contributed by atoms with Crippen LogP contribution in [0.25, 0.3) is 0 Å². The molecule has 1 aliphatic heterocycles. The van der Waals surface area contributed by atoms with Gasteiger partial charge in [-0.3, -0.25) is 4.90 Å². The lowest BCUT2D eigenvalue weighted by Crippen LogP contribution is -2.55. The van der Waals surface area contributed by atoms with E-state index in [1.807, 2.05) is 0 Å². The molecule has 0 aliphatic carbocycles. The zero-order valence-electron chi connectivity index (χ0n) is 12.9. The van der Waals surface area contributed by atoms with Crippen LogP contribution in [0.1, 0.15) is 45.1 Å². The van der Waals surface area contributed by atoms with Gasteiger partial charge in [0.05, 0.1) is 5.54 Å². The average Bonchev–Trinajstić information content (AvgIpc) is 2.93. The van der Waals surface area contributed by atoms with Crippen molar-refractivity contribution in [1.82, 2.24) is 4.90 Å². The molecule has 0 radical (unpaired) electrons. The lowest BCUT2D eigenvalue weighted by atomic mass is 9.77.